The van der Waals surface area contributed by atoms with Crippen molar-refractivity contribution in [2.45, 2.75) is 18.9 Å². The number of methoxy groups -OCH3 is 1. The molecule has 0 radical (unpaired) electrons. The third-order valence-electron chi connectivity index (χ3n) is 3.91. The molecule has 0 aliphatic carbocycles. The summed E-state index contributed by atoms with van der Waals surface area (Å²) in [4.78, 5) is 10.0. The fraction of sp³-hybridized carbons (Fsp3) is 0.533. The highest BCUT2D eigenvalue weighted by Crippen LogP contribution is 2.22. The van der Waals surface area contributed by atoms with Gasteiger partial charge >= 0.3 is 0 Å². The van der Waals surface area contributed by atoms with E-state index in [0.29, 0.717) is 6.04 Å². The van der Waals surface area contributed by atoms with Crippen molar-refractivity contribution in [1.29, 1.82) is 0 Å². The van der Waals surface area contributed by atoms with E-state index in [1.807, 2.05) is 12.4 Å². The minimum absolute atomic E-state index is 0.542. The molecule has 1 fully saturated rings. The van der Waals surface area contributed by atoms with Crippen molar-refractivity contribution in [3.05, 3.63) is 24.5 Å². The second kappa shape index (κ2) is 6.24. The summed E-state index contributed by atoms with van der Waals surface area (Å²) in [5.41, 5.74) is 2.18. The van der Waals surface area contributed by atoms with E-state index in [-0.39, 0.29) is 0 Å². The predicted molar refractivity (Wildman–Crippen MR) is 81.2 cm³/mol. The molecule has 20 heavy (non-hydrogen) atoms. The number of piperidine rings is 1. The average molecular weight is 274 g/mol. The highest BCUT2D eigenvalue weighted by molar-refractivity contribution is 5.79. The Labute approximate surface area is 119 Å². The first-order chi connectivity index (χ1) is 9.86. The van der Waals surface area contributed by atoms with Gasteiger partial charge in [-0.15, -0.1) is 0 Å². The van der Waals surface area contributed by atoms with Crippen LogP contribution in [0, 0.1) is 0 Å². The van der Waals surface area contributed by atoms with Gasteiger partial charge in [0.2, 0.25) is 0 Å². The molecule has 3 heterocycles. The van der Waals surface area contributed by atoms with E-state index in [1.54, 1.807) is 7.11 Å². The first-order valence-corrected chi connectivity index (χ1v) is 7.27. The Bertz CT molecular complexity index is 554. The molecular formula is C15H22N4O. The molecule has 3 rings (SSSR count). The number of H-pyrrole nitrogens is 1. The predicted octanol–water partition coefficient (Wildman–Crippen LogP) is 1.77. The maximum Gasteiger partial charge on any atom is 0.137 e. The molecule has 0 aromatic carbocycles. The number of fused-ring (bicyclic) bond motifs is 1. The molecule has 5 heteroatoms. The van der Waals surface area contributed by atoms with Gasteiger partial charge in [0.25, 0.3) is 0 Å². The lowest BCUT2D eigenvalue weighted by molar-refractivity contribution is 0.194. The number of pyridine rings is 1. The largest absolute Gasteiger partial charge is 0.383 e. The van der Waals surface area contributed by atoms with Gasteiger partial charge in [0.05, 0.1) is 18.5 Å². The Morgan fingerprint density at radius 2 is 2.50 bits per heavy atom. The summed E-state index contributed by atoms with van der Waals surface area (Å²) in [6, 6.07) is 4.83. The van der Waals surface area contributed by atoms with Crippen molar-refractivity contribution in [3.8, 4) is 0 Å². The van der Waals surface area contributed by atoms with Gasteiger partial charge in [-0.25, -0.2) is 4.98 Å². The molecule has 1 unspecified atom stereocenters. The zero-order chi connectivity index (χ0) is 13.8. The first kappa shape index (κ1) is 13.4. The third kappa shape index (κ3) is 2.94. The van der Waals surface area contributed by atoms with Gasteiger partial charge in [-0.1, -0.05) is 0 Å². The first-order valence-electron chi connectivity index (χ1n) is 7.27. The van der Waals surface area contributed by atoms with Crippen LogP contribution in [0.15, 0.2) is 24.5 Å². The zero-order valence-electron chi connectivity index (χ0n) is 11.9. The quantitative estimate of drug-likeness (QED) is 0.816. The lowest BCUT2D eigenvalue weighted by atomic mass is 10.1. The fourth-order valence-corrected chi connectivity index (χ4v) is 2.84. The van der Waals surface area contributed by atoms with Crippen LogP contribution in [0.1, 0.15) is 12.8 Å². The molecule has 1 aliphatic heterocycles. The van der Waals surface area contributed by atoms with E-state index < -0.39 is 0 Å². The lowest BCUT2D eigenvalue weighted by Gasteiger charge is -2.34. The molecule has 1 saturated heterocycles. The molecule has 0 saturated carbocycles. The monoisotopic (exact) mass is 274 g/mol. The van der Waals surface area contributed by atoms with Crippen LogP contribution in [0.5, 0.6) is 0 Å². The van der Waals surface area contributed by atoms with Crippen LogP contribution in [-0.4, -0.2) is 49.4 Å². The van der Waals surface area contributed by atoms with Gasteiger partial charge < -0.3 is 19.9 Å². The number of nitrogens with one attached hydrogen (secondary N) is 2. The van der Waals surface area contributed by atoms with Crippen LogP contribution in [0.25, 0.3) is 11.0 Å². The molecular weight excluding hydrogens is 252 g/mol. The molecule has 108 valence electrons. The van der Waals surface area contributed by atoms with Crippen LogP contribution in [0.2, 0.25) is 0 Å². The minimum atomic E-state index is 0.542. The van der Waals surface area contributed by atoms with Gasteiger partial charge in [-0.3, -0.25) is 0 Å². The van der Waals surface area contributed by atoms with Crippen molar-refractivity contribution in [3.63, 3.8) is 0 Å². The van der Waals surface area contributed by atoms with Crippen LogP contribution in [0.4, 0.5) is 5.69 Å². The molecule has 1 aliphatic rings. The molecule has 2 aromatic heterocycles. The van der Waals surface area contributed by atoms with Gasteiger partial charge in [0.15, 0.2) is 0 Å². The number of ether oxygens (including phenoxy) is 1. The second-order valence-corrected chi connectivity index (χ2v) is 5.34. The number of anilines is 1. The van der Waals surface area contributed by atoms with E-state index in [4.69, 9.17) is 4.74 Å². The number of hydrogen-bond donors (Lipinski definition) is 2. The number of hydrogen-bond acceptors (Lipinski definition) is 4. The van der Waals surface area contributed by atoms with Gasteiger partial charge in [-0.05, 0) is 25.0 Å². The van der Waals surface area contributed by atoms with E-state index in [0.717, 1.165) is 31.9 Å². The maximum absolute atomic E-state index is 5.09. The van der Waals surface area contributed by atoms with Crippen molar-refractivity contribution in [1.82, 2.24) is 15.3 Å². The molecule has 0 bridgehead atoms. The highest BCUT2D eigenvalue weighted by atomic mass is 16.5. The Morgan fingerprint density at radius 3 is 3.40 bits per heavy atom. The summed E-state index contributed by atoms with van der Waals surface area (Å²) < 4.78 is 5.09. The van der Waals surface area contributed by atoms with E-state index in [1.165, 1.54) is 23.9 Å². The van der Waals surface area contributed by atoms with Crippen molar-refractivity contribution in [2.75, 3.05) is 38.3 Å². The molecule has 2 N–H and O–H groups in total. The standard InChI is InChI=1S/C15H22N4O/c1-20-8-6-16-13-3-2-7-19(11-13)14-9-12-4-5-17-15(12)18-10-14/h4-5,9-10,13,16H,2-3,6-8,11H2,1H3,(H,17,18). The zero-order valence-corrected chi connectivity index (χ0v) is 11.9. The normalized spacial score (nSPS) is 19.6. The highest BCUT2D eigenvalue weighted by Gasteiger charge is 2.20. The molecule has 0 amide bonds. The van der Waals surface area contributed by atoms with Crippen molar-refractivity contribution in [2.24, 2.45) is 0 Å². The van der Waals surface area contributed by atoms with Gasteiger partial charge in [0, 0.05) is 44.4 Å². The fourth-order valence-electron chi connectivity index (χ4n) is 2.84. The van der Waals surface area contributed by atoms with Gasteiger partial charge in [-0.2, -0.15) is 0 Å². The van der Waals surface area contributed by atoms with Crippen LogP contribution >= 0.6 is 0 Å². The van der Waals surface area contributed by atoms with E-state index in [2.05, 4.69) is 32.3 Å². The molecule has 2 aromatic rings. The van der Waals surface area contributed by atoms with Crippen LogP contribution in [-0.2, 0) is 4.74 Å². The summed E-state index contributed by atoms with van der Waals surface area (Å²) in [6.45, 7) is 3.85. The third-order valence-corrected chi connectivity index (χ3v) is 3.91. The smallest absolute Gasteiger partial charge is 0.137 e. The van der Waals surface area contributed by atoms with Crippen LogP contribution in [0.3, 0.4) is 0 Å². The number of rotatable bonds is 5. The Hall–Kier alpha value is -1.59. The summed E-state index contributed by atoms with van der Waals surface area (Å²) in [7, 11) is 1.74. The van der Waals surface area contributed by atoms with E-state index >= 15 is 0 Å². The number of aromatic amines is 1. The van der Waals surface area contributed by atoms with Crippen molar-refractivity contribution < 1.29 is 4.74 Å². The number of aromatic nitrogens is 2. The van der Waals surface area contributed by atoms with Gasteiger partial charge in [0.1, 0.15) is 5.65 Å². The Kier molecular flexibility index (Phi) is 4.18. The molecule has 0 spiro atoms. The summed E-state index contributed by atoms with van der Waals surface area (Å²) in [5, 5.41) is 4.74. The SMILES string of the molecule is COCCNC1CCCN(c2cnc3[nH]ccc3c2)C1. The van der Waals surface area contributed by atoms with Crippen molar-refractivity contribution >= 4 is 16.7 Å². The Morgan fingerprint density at radius 1 is 1.55 bits per heavy atom. The minimum Gasteiger partial charge on any atom is -0.383 e. The van der Waals surface area contributed by atoms with E-state index in [9.17, 15) is 0 Å². The topological polar surface area (TPSA) is 53.2 Å². The summed E-state index contributed by atoms with van der Waals surface area (Å²) in [5.74, 6) is 0. The molecule has 1 atom stereocenters. The number of nitrogens with zero attached hydrogens (tertiary/aromatic N) is 2. The summed E-state index contributed by atoms with van der Waals surface area (Å²) >= 11 is 0. The molecule has 5 nitrogen and oxygen atoms in total. The average Bonchev–Trinajstić information content (AvgIpc) is 2.95. The maximum atomic E-state index is 5.09. The lowest BCUT2D eigenvalue weighted by Crippen LogP contribution is -2.46. The second-order valence-electron chi connectivity index (χ2n) is 5.34. The van der Waals surface area contributed by atoms with Crippen LogP contribution < -0.4 is 10.2 Å². The Balaban J connectivity index is 1.66. The summed E-state index contributed by atoms with van der Waals surface area (Å²) in [6.07, 6.45) is 6.36.